The summed E-state index contributed by atoms with van der Waals surface area (Å²) in [6.45, 7) is 4.00. The summed E-state index contributed by atoms with van der Waals surface area (Å²) < 4.78 is 20.1. The van der Waals surface area contributed by atoms with Crippen LogP contribution in [0.3, 0.4) is 0 Å². The Balaban J connectivity index is 1.92. The van der Waals surface area contributed by atoms with E-state index in [9.17, 15) is 14.3 Å². The summed E-state index contributed by atoms with van der Waals surface area (Å²) in [4.78, 5) is 23.0. The van der Waals surface area contributed by atoms with E-state index in [4.69, 9.17) is 4.74 Å². The Morgan fingerprint density at radius 3 is 2.81 bits per heavy atom. The van der Waals surface area contributed by atoms with E-state index < -0.39 is 11.8 Å². The largest absolute Gasteiger partial charge is 0.494 e. The zero-order chi connectivity index (χ0) is 22.6. The third-order valence-corrected chi connectivity index (χ3v) is 5.96. The summed E-state index contributed by atoms with van der Waals surface area (Å²) >= 11 is 0. The molecule has 0 spiro atoms. The standard InChI is InChI=1S/C25H22FN3O3/c1-12(2)20-22(21-15-5-4-6-17(15)28-11-19(21)32-3)24(25(30)31)29-23(20)16-9-13(26)10-18-14(16)7-8-27-18/h4-5,7-12,27,29H,6H2,1-3H3,(H,30,31). The Kier molecular flexibility index (Phi) is 4.62. The lowest BCUT2D eigenvalue weighted by Gasteiger charge is -2.17. The van der Waals surface area contributed by atoms with Crippen molar-refractivity contribution < 1.29 is 19.0 Å². The number of H-pyrrole nitrogens is 2. The number of benzene rings is 1. The fourth-order valence-electron chi connectivity index (χ4n) is 4.65. The van der Waals surface area contributed by atoms with Crippen molar-refractivity contribution in [2.45, 2.75) is 26.2 Å². The van der Waals surface area contributed by atoms with Gasteiger partial charge in [-0.05, 0) is 29.7 Å². The van der Waals surface area contributed by atoms with Crippen LogP contribution in [0.5, 0.6) is 5.75 Å². The number of ether oxygens (including phenoxy) is 1. The second-order valence-electron chi connectivity index (χ2n) is 8.18. The first-order chi connectivity index (χ1) is 15.4. The quantitative estimate of drug-likeness (QED) is 0.374. The number of nitrogens with zero attached hydrogens (tertiary/aromatic N) is 1. The van der Waals surface area contributed by atoms with Crippen molar-refractivity contribution in [1.82, 2.24) is 15.0 Å². The number of carboxylic acid groups (broad SMARTS) is 1. The highest BCUT2D eigenvalue weighted by atomic mass is 19.1. The Labute approximate surface area is 183 Å². The first-order valence-corrected chi connectivity index (χ1v) is 10.4. The summed E-state index contributed by atoms with van der Waals surface area (Å²) in [7, 11) is 1.55. The number of hydrogen-bond donors (Lipinski definition) is 3. The second-order valence-corrected chi connectivity index (χ2v) is 8.18. The topological polar surface area (TPSA) is 91.0 Å². The van der Waals surface area contributed by atoms with E-state index in [2.05, 4.69) is 15.0 Å². The molecular formula is C25H22FN3O3. The number of halogens is 1. The predicted molar refractivity (Wildman–Crippen MR) is 122 cm³/mol. The molecular weight excluding hydrogens is 409 g/mol. The molecule has 0 saturated heterocycles. The number of aromatic carboxylic acids is 1. The smallest absolute Gasteiger partial charge is 0.352 e. The Morgan fingerprint density at radius 1 is 1.28 bits per heavy atom. The summed E-state index contributed by atoms with van der Waals surface area (Å²) in [5.41, 5.74) is 5.65. The molecule has 0 atom stereocenters. The molecule has 0 bridgehead atoms. The summed E-state index contributed by atoms with van der Waals surface area (Å²) in [6.07, 6.45) is 8.01. The molecule has 32 heavy (non-hydrogen) atoms. The zero-order valence-corrected chi connectivity index (χ0v) is 17.9. The van der Waals surface area contributed by atoms with Gasteiger partial charge in [-0.3, -0.25) is 4.98 Å². The molecule has 1 aliphatic rings. The van der Waals surface area contributed by atoms with Crippen molar-refractivity contribution in [3.63, 3.8) is 0 Å². The lowest BCUT2D eigenvalue weighted by molar-refractivity contribution is 0.0692. The highest BCUT2D eigenvalue weighted by molar-refractivity contribution is 6.04. The van der Waals surface area contributed by atoms with Crippen LogP contribution in [0.4, 0.5) is 4.39 Å². The van der Waals surface area contributed by atoms with Crippen LogP contribution in [0.15, 0.2) is 36.7 Å². The normalized spacial score (nSPS) is 12.7. The molecule has 4 aromatic rings. The van der Waals surface area contributed by atoms with E-state index in [1.54, 1.807) is 19.5 Å². The van der Waals surface area contributed by atoms with Crippen molar-refractivity contribution in [3.05, 3.63) is 65.0 Å². The first kappa shape index (κ1) is 20.1. The number of hydrogen-bond acceptors (Lipinski definition) is 3. The van der Waals surface area contributed by atoms with Gasteiger partial charge in [-0.2, -0.15) is 0 Å². The summed E-state index contributed by atoms with van der Waals surface area (Å²) in [5, 5.41) is 11.0. The number of allylic oxidation sites excluding steroid dienone is 1. The van der Waals surface area contributed by atoms with Crippen LogP contribution in [0.1, 0.15) is 47.1 Å². The second kappa shape index (κ2) is 7.37. The number of carbonyl (C=O) groups is 1. The highest BCUT2D eigenvalue weighted by Crippen LogP contribution is 2.47. The molecule has 0 saturated carbocycles. The van der Waals surface area contributed by atoms with Crippen molar-refractivity contribution in [1.29, 1.82) is 0 Å². The van der Waals surface area contributed by atoms with Gasteiger partial charge >= 0.3 is 5.97 Å². The van der Waals surface area contributed by atoms with Gasteiger partial charge in [-0.25, -0.2) is 9.18 Å². The molecule has 0 fully saturated rings. The van der Waals surface area contributed by atoms with Crippen molar-refractivity contribution in [3.8, 4) is 28.1 Å². The minimum Gasteiger partial charge on any atom is -0.494 e. The first-order valence-electron chi connectivity index (χ1n) is 10.4. The molecule has 162 valence electrons. The molecule has 1 aromatic carbocycles. The molecule has 0 radical (unpaired) electrons. The molecule has 5 rings (SSSR count). The highest BCUT2D eigenvalue weighted by Gasteiger charge is 2.31. The maximum absolute atomic E-state index is 14.5. The molecule has 3 aromatic heterocycles. The third-order valence-electron chi connectivity index (χ3n) is 5.96. The van der Waals surface area contributed by atoms with Gasteiger partial charge in [0, 0.05) is 45.8 Å². The number of nitrogens with one attached hydrogen (secondary N) is 2. The van der Waals surface area contributed by atoms with Gasteiger partial charge in [-0.1, -0.05) is 26.0 Å². The van der Waals surface area contributed by atoms with Crippen LogP contribution >= 0.6 is 0 Å². The van der Waals surface area contributed by atoms with E-state index in [0.29, 0.717) is 40.1 Å². The van der Waals surface area contributed by atoms with E-state index in [-0.39, 0.29) is 11.6 Å². The monoisotopic (exact) mass is 431 g/mol. The van der Waals surface area contributed by atoms with Crippen LogP contribution in [-0.2, 0) is 6.42 Å². The molecule has 0 aliphatic heterocycles. The van der Waals surface area contributed by atoms with Crippen molar-refractivity contribution in [2.24, 2.45) is 0 Å². The fraction of sp³-hybridized carbons (Fsp3) is 0.200. The average molecular weight is 431 g/mol. The Hall–Kier alpha value is -3.87. The van der Waals surface area contributed by atoms with E-state index >= 15 is 0 Å². The molecule has 3 N–H and O–H groups in total. The van der Waals surface area contributed by atoms with Crippen LogP contribution in [0.25, 0.3) is 39.4 Å². The van der Waals surface area contributed by atoms with Gasteiger partial charge < -0.3 is 19.8 Å². The lowest BCUT2D eigenvalue weighted by Crippen LogP contribution is -2.04. The number of aromatic amines is 2. The van der Waals surface area contributed by atoms with Crippen LogP contribution < -0.4 is 4.74 Å². The van der Waals surface area contributed by atoms with Crippen molar-refractivity contribution >= 4 is 22.9 Å². The summed E-state index contributed by atoms with van der Waals surface area (Å²) in [6, 6.07) is 4.74. The van der Waals surface area contributed by atoms with Crippen LogP contribution in [0.2, 0.25) is 0 Å². The van der Waals surface area contributed by atoms with Gasteiger partial charge in [-0.15, -0.1) is 0 Å². The fourth-order valence-corrected chi connectivity index (χ4v) is 4.65. The van der Waals surface area contributed by atoms with Crippen molar-refractivity contribution in [2.75, 3.05) is 7.11 Å². The number of rotatable bonds is 5. The van der Waals surface area contributed by atoms with Gasteiger partial charge in [0.25, 0.3) is 0 Å². The maximum Gasteiger partial charge on any atom is 0.352 e. The molecule has 1 aliphatic carbocycles. The average Bonchev–Trinajstić information content (AvgIpc) is 3.49. The molecule has 6 nitrogen and oxygen atoms in total. The summed E-state index contributed by atoms with van der Waals surface area (Å²) in [5.74, 6) is -1.05. The van der Waals surface area contributed by atoms with Gasteiger partial charge in [0.1, 0.15) is 17.3 Å². The minimum atomic E-state index is -1.09. The van der Waals surface area contributed by atoms with E-state index in [1.807, 2.05) is 32.1 Å². The Morgan fingerprint density at radius 2 is 2.09 bits per heavy atom. The van der Waals surface area contributed by atoms with Gasteiger partial charge in [0.15, 0.2) is 0 Å². The van der Waals surface area contributed by atoms with Gasteiger partial charge in [0.2, 0.25) is 0 Å². The van der Waals surface area contributed by atoms with Crippen LogP contribution in [-0.4, -0.2) is 33.1 Å². The molecule has 0 amide bonds. The predicted octanol–water partition coefficient (Wildman–Crippen LogP) is 5.76. The van der Waals surface area contributed by atoms with E-state index in [1.165, 1.54) is 12.1 Å². The number of methoxy groups -OCH3 is 1. The zero-order valence-electron chi connectivity index (χ0n) is 17.9. The third kappa shape index (κ3) is 2.92. The molecule has 7 heteroatoms. The molecule has 3 heterocycles. The number of fused-ring (bicyclic) bond motifs is 2. The maximum atomic E-state index is 14.5. The molecule has 0 unspecified atom stereocenters. The minimum absolute atomic E-state index is 0.0450. The van der Waals surface area contributed by atoms with Gasteiger partial charge in [0.05, 0.1) is 24.7 Å². The van der Waals surface area contributed by atoms with Crippen LogP contribution in [0, 0.1) is 5.82 Å². The lowest BCUT2D eigenvalue weighted by atomic mass is 9.88. The van der Waals surface area contributed by atoms with E-state index in [0.717, 1.165) is 22.2 Å². The SMILES string of the molecule is COc1cnc2c(c1-c1c(C(=O)O)[nH]c(-c3cc(F)cc4[nH]ccc34)c1C(C)C)C=CC2. The number of carboxylic acids is 1. The number of pyridine rings is 1. The number of aromatic nitrogens is 3. The Bertz CT molecular complexity index is 1410.